The Labute approximate surface area is 103 Å². The zero-order valence-electron chi connectivity index (χ0n) is 7.99. The second kappa shape index (κ2) is 6.19. The van der Waals surface area contributed by atoms with Gasteiger partial charge in [0, 0.05) is 0 Å². The molecule has 0 aliphatic carbocycles. The molecule has 0 saturated heterocycles. The summed E-state index contributed by atoms with van der Waals surface area (Å²) < 4.78 is 1.90. The molecule has 0 bridgehead atoms. The molecule has 1 heterocycles. The molecule has 1 aromatic carbocycles. The summed E-state index contributed by atoms with van der Waals surface area (Å²) in [6, 6.07) is 14.7. The van der Waals surface area contributed by atoms with Crippen molar-refractivity contribution in [2.45, 2.75) is 0 Å². The van der Waals surface area contributed by atoms with Gasteiger partial charge >= 0.3 is 37.7 Å². The molecule has 0 saturated carbocycles. The molecule has 0 fully saturated rings. The van der Waals surface area contributed by atoms with Crippen LogP contribution in [0.2, 0.25) is 0 Å². The number of hydrogen-bond donors (Lipinski definition) is 0. The van der Waals surface area contributed by atoms with Crippen molar-refractivity contribution in [1.29, 1.82) is 0 Å². The van der Waals surface area contributed by atoms with Gasteiger partial charge in [-0.3, -0.25) is 0 Å². The Balaban J connectivity index is 0.000000720. The average Bonchev–Trinajstić information content (AvgIpc) is 2.58. The van der Waals surface area contributed by atoms with E-state index in [9.17, 15) is 0 Å². The summed E-state index contributed by atoms with van der Waals surface area (Å²) in [5.41, 5.74) is 1.03. The van der Waals surface area contributed by atoms with E-state index in [1.165, 1.54) is 0 Å². The summed E-state index contributed by atoms with van der Waals surface area (Å²) >= 11 is 0. The molecule has 0 atom stereocenters. The van der Waals surface area contributed by atoms with E-state index >= 15 is 0 Å². The fourth-order valence-electron chi connectivity index (χ4n) is 0.979. The number of rotatable bonds is 1. The Morgan fingerprint density at radius 1 is 1.00 bits per heavy atom. The number of nitrogens with zero attached hydrogens (tertiary/aromatic N) is 1. The normalized spacial score (nSPS) is 8.31. The van der Waals surface area contributed by atoms with Crippen molar-refractivity contribution in [2.75, 3.05) is 0 Å². The fourth-order valence-corrected chi connectivity index (χ4v) is 0.979. The number of hydrogen-bond acceptors (Lipinski definition) is 0. The molecule has 54 valence electrons. The third-order valence-corrected chi connectivity index (χ3v) is 1.50. The molecule has 0 aliphatic heterocycles. The van der Waals surface area contributed by atoms with Crippen LogP contribution in [0.4, 0.5) is 0 Å². The summed E-state index contributed by atoms with van der Waals surface area (Å²) in [4.78, 5) is 0. The molecule has 0 unspecified atom stereocenters. The molecular formula is C10H7Li2N. The summed E-state index contributed by atoms with van der Waals surface area (Å²) in [5.74, 6) is 0. The Bertz CT molecular complexity index is 316. The Hall–Kier alpha value is -0.305. The van der Waals surface area contributed by atoms with E-state index < -0.39 is 0 Å². The van der Waals surface area contributed by atoms with Crippen LogP contribution in [0.15, 0.2) is 42.6 Å². The quantitative estimate of drug-likeness (QED) is 0.293. The van der Waals surface area contributed by atoms with Crippen LogP contribution in [0, 0.1) is 12.3 Å². The van der Waals surface area contributed by atoms with Gasteiger partial charge in [-0.05, 0) is 0 Å². The number of benzene rings is 1. The van der Waals surface area contributed by atoms with Crippen LogP contribution < -0.4 is 37.7 Å². The largest absolute Gasteiger partial charge is 1.00 e. The molecule has 0 amide bonds. The maximum Gasteiger partial charge on any atom is 1.00 e. The van der Waals surface area contributed by atoms with Gasteiger partial charge in [-0.15, -0.1) is 12.3 Å². The molecule has 2 aromatic rings. The summed E-state index contributed by atoms with van der Waals surface area (Å²) in [6.45, 7) is 0. The first-order valence-electron chi connectivity index (χ1n) is 3.49. The van der Waals surface area contributed by atoms with Gasteiger partial charge in [0.2, 0.25) is 0 Å². The Kier molecular flexibility index (Phi) is 6.05. The minimum atomic E-state index is 0. The molecule has 1 aromatic heterocycles. The van der Waals surface area contributed by atoms with Gasteiger partial charge in [0.15, 0.2) is 0 Å². The van der Waals surface area contributed by atoms with Crippen LogP contribution in [-0.2, 0) is 0 Å². The second-order valence-electron chi connectivity index (χ2n) is 2.26. The molecule has 0 spiro atoms. The van der Waals surface area contributed by atoms with Crippen LogP contribution in [0.1, 0.15) is 0 Å². The SMILES string of the molecule is [Li+].[Li+].[c-]1ccccc1-n1[c-]ccc1. The van der Waals surface area contributed by atoms with Crippen molar-refractivity contribution in [3.8, 4) is 5.69 Å². The molecule has 0 N–H and O–H groups in total. The average molecular weight is 155 g/mol. The van der Waals surface area contributed by atoms with Crippen molar-refractivity contribution in [3.63, 3.8) is 0 Å². The van der Waals surface area contributed by atoms with E-state index in [0.29, 0.717) is 0 Å². The molecular weight excluding hydrogens is 148 g/mol. The van der Waals surface area contributed by atoms with E-state index in [1.807, 2.05) is 47.2 Å². The van der Waals surface area contributed by atoms with Gasteiger partial charge in [0.25, 0.3) is 0 Å². The zero-order chi connectivity index (χ0) is 7.52. The predicted molar refractivity (Wildman–Crippen MR) is 43.4 cm³/mol. The molecule has 0 aliphatic rings. The van der Waals surface area contributed by atoms with Crippen LogP contribution in [0.3, 0.4) is 0 Å². The van der Waals surface area contributed by atoms with Crippen LogP contribution in [-0.4, -0.2) is 4.57 Å². The minimum absolute atomic E-state index is 0. The van der Waals surface area contributed by atoms with Gasteiger partial charge in [0.1, 0.15) is 0 Å². The molecule has 0 radical (unpaired) electrons. The smallest absolute Gasteiger partial charge is 0.471 e. The number of aromatic nitrogens is 1. The third kappa shape index (κ3) is 3.15. The predicted octanol–water partition coefficient (Wildman–Crippen LogP) is -3.91. The monoisotopic (exact) mass is 155 g/mol. The fraction of sp³-hybridized carbons (Fsp3) is 0. The molecule has 3 heteroatoms. The molecule has 2 rings (SSSR count). The van der Waals surface area contributed by atoms with Gasteiger partial charge in [-0.2, -0.15) is 36.0 Å². The second-order valence-corrected chi connectivity index (χ2v) is 2.26. The van der Waals surface area contributed by atoms with Crippen molar-refractivity contribution >= 4 is 0 Å². The summed E-state index contributed by atoms with van der Waals surface area (Å²) in [7, 11) is 0. The maximum absolute atomic E-state index is 3.10. The maximum atomic E-state index is 3.10. The standard InChI is InChI=1S/C10H7N.2Li/c1-2-6-10(7-3-1)11-8-4-5-9-11;;/h1-6,8H;;/q-2;2*+1. The van der Waals surface area contributed by atoms with Gasteiger partial charge in [-0.25, -0.2) is 6.07 Å². The van der Waals surface area contributed by atoms with E-state index in [2.05, 4.69) is 12.3 Å². The van der Waals surface area contributed by atoms with Gasteiger partial charge in [-0.1, -0.05) is 6.20 Å². The topological polar surface area (TPSA) is 4.93 Å². The van der Waals surface area contributed by atoms with E-state index in [4.69, 9.17) is 0 Å². The van der Waals surface area contributed by atoms with E-state index in [-0.39, 0.29) is 37.7 Å². The Morgan fingerprint density at radius 3 is 2.38 bits per heavy atom. The van der Waals surface area contributed by atoms with E-state index in [1.54, 1.807) is 0 Å². The van der Waals surface area contributed by atoms with Crippen LogP contribution in [0.5, 0.6) is 0 Å². The summed E-state index contributed by atoms with van der Waals surface area (Å²) in [6.07, 6.45) is 4.99. The van der Waals surface area contributed by atoms with E-state index in [0.717, 1.165) is 5.69 Å². The molecule has 13 heavy (non-hydrogen) atoms. The first kappa shape index (κ1) is 12.7. The minimum Gasteiger partial charge on any atom is -0.471 e. The zero-order valence-corrected chi connectivity index (χ0v) is 7.99. The number of para-hydroxylation sites is 1. The molecule has 1 nitrogen and oxygen atoms in total. The van der Waals surface area contributed by atoms with Gasteiger partial charge in [0.05, 0.1) is 0 Å². The third-order valence-electron chi connectivity index (χ3n) is 1.50. The Morgan fingerprint density at radius 2 is 1.85 bits per heavy atom. The summed E-state index contributed by atoms with van der Waals surface area (Å²) in [5, 5.41) is 0. The van der Waals surface area contributed by atoms with Crippen molar-refractivity contribution < 1.29 is 37.7 Å². The van der Waals surface area contributed by atoms with Crippen molar-refractivity contribution in [1.82, 2.24) is 4.57 Å². The van der Waals surface area contributed by atoms with Crippen LogP contribution in [0.25, 0.3) is 5.69 Å². The van der Waals surface area contributed by atoms with Crippen molar-refractivity contribution in [3.05, 3.63) is 54.9 Å². The van der Waals surface area contributed by atoms with Crippen LogP contribution >= 0.6 is 0 Å². The first-order valence-corrected chi connectivity index (χ1v) is 3.49. The first-order chi connectivity index (χ1) is 5.47. The van der Waals surface area contributed by atoms with Crippen molar-refractivity contribution in [2.24, 2.45) is 0 Å². The van der Waals surface area contributed by atoms with Gasteiger partial charge < -0.3 is 4.57 Å².